The first-order chi connectivity index (χ1) is 31.2. The number of aryl methyl sites for hydroxylation is 3. The Balaban J connectivity index is 0.000000179. The first kappa shape index (κ1) is 49.2. The van der Waals surface area contributed by atoms with Crippen molar-refractivity contribution in [2.45, 2.75) is 34.2 Å². The topological polar surface area (TPSA) is 138 Å². The lowest BCUT2D eigenvalue weighted by atomic mass is 10.2. The van der Waals surface area contributed by atoms with Crippen molar-refractivity contribution in [2.75, 3.05) is 82.3 Å². The molecule has 344 valence electrons. The van der Waals surface area contributed by atoms with E-state index in [9.17, 15) is 9.59 Å². The highest BCUT2D eigenvalue weighted by molar-refractivity contribution is 6.34. The summed E-state index contributed by atoms with van der Waals surface area (Å²) < 4.78 is 12.2. The molecule has 19 heteroatoms. The second-order valence-electron chi connectivity index (χ2n) is 15.3. The maximum absolute atomic E-state index is 13.0. The molecule has 14 nitrogen and oxygen atoms in total. The van der Waals surface area contributed by atoms with Gasteiger partial charge in [0.1, 0.15) is 35.3 Å². The molecule has 1 N–H and O–H groups in total. The molecule has 65 heavy (non-hydrogen) atoms. The number of nitrogens with zero attached hydrogens (tertiary/aromatic N) is 9. The van der Waals surface area contributed by atoms with Crippen LogP contribution in [0.1, 0.15) is 22.8 Å². The number of anilines is 2. The second kappa shape index (κ2) is 22.8. The molecule has 2 aliphatic rings. The SMILES string of the molecule is COc1cc(N2CCN(C(=O)CCl)CC2)ccc1Cl.COc1cc(N2CCN(C(=O)Cn3nc(-c4cccc(C)n4)c(Cl)c3C)CC2)ccc1Cl.Cc1cccc(-c2n[nH]c(C)c2Cl)n1. The number of carbonyl (C=O) groups excluding carboxylic acids is 2. The van der Waals surface area contributed by atoms with Crippen LogP contribution in [0.2, 0.25) is 20.1 Å². The summed E-state index contributed by atoms with van der Waals surface area (Å²) in [5, 5.41) is 13.9. The first-order valence-corrected chi connectivity index (χ1v) is 22.9. The number of methoxy groups -OCH3 is 2. The molecule has 2 fully saturated rings. The zero-order valence-corrected chi connectivity index (χ0v) is 40.8. The molecule has 0 atom stereocenters. The summed E-state index contributed by atoms with van der Waals surface area (Å²) in [7, 11) is 3.20. The van der Waals surface area contributed by atoms with Gasteiger partial charge in [0.2, 0.25) is 11.8 Å². The minimum atomic E-state index is -0.00463. The van der Waals surface area contributed by atoms with Gasteiger partial charge in [-0.2, -0.15) is 10.2 Å². The number of H-pyrrole nitrogens is 1. The highest BCUT2D eigenvalue weighted by atomic mass is 35.5. The van der Waals surface area contributed by atoms with Crippen LogP contribution in [0.5, 0.6) is 11.5 Å². The fourth-order valence-corrected chi connectivity index (χ4v) is 8.18. The van der Waals surface area contributed by atoms with Gasteiger partial charge in [-0.05, 0) is 76.2 Å². The summed E-state index contributed by atoms with van der Waals surface area (Å²) in [6, 6.07) is 22.9. The molecule has 4 aromatic heterocycles. The number of benzene rings is 2. The van der Waals surface area contributed by atoms with Crippen LogP contribution in [0.15, 0.2) is 72.8 Å². The van der Waals surface area contributed by atoms with Crippen molar-refractivity contribution < 1.29 is 19.1 Å². The molecule has 6 aromatic rings. The van der Waals surface area contributed by atoms with Gasteiger partial charge in [0.05, 0.1) is 57.1 Å². The number of halogens is 5. The van der Waals surface area contributed by atoms with E-state index in [1.165, 1.54) is 0 Å². The van der Waals surface area contributed by atoms with Crippen LogP contribution in [-0.2, 0) is 16.1 Å². The Morgan fingerprint density at radius 1 is 0.631 bits per heavy atom. The van der Waals surface area contributed by atoms with E-state index in [0.717, 1.165) is 66.0 Å². The summed E-state index contributed by atoms with van der Waals surface area (Å²) in [5.74, 6) is 1.37. The van der Waals surface area contributed by atoms with Crippen LogP contribution < -0.4 is 19.3 Å². The number of rotatable bonds is 9. The van der Waals surface area contributed by atoms with E-state index >= 15 is 0 Å². The summed E-state index contributed by atoms with van der Waals surface area (Å²) in [4.78, 5) is 41.4. The van der Waals surface area contributed by atoms with E-state index in [4.69, 9.17) is 67.5 Å². The number of piperazine rings is 2. The number of hydrogen-bond donors (Lipinski definition) is 1. The number of nitrogens with one attached hydrogen (secondary N) is 1. The van der Waals surface area contributed by atoms with E-state index < -0.39 is 0 Å². The molecule has 6 heterocycles. The number of hydrogen-bond acceptors (Lipinski definition) is 10. The fourth-order valence-electron chi connectivity index (χ4n) is 7.21. The largest absolute Gasteiger partial charge is 0.495 e. The zero-order valence-electron chi connectivity index (χ0n) is 37.0. The molecular formula is C46H51Cl5N10O4. The molecule has 0 saturated carbocycles. The van der Waals surface area contributed by atoms with Crippen molar-refractivity contribution in [3.8, 4) is 34.3 Å². The zero-order chi connectivity index (χ0) is 46.8. The number of pyridine rings is 2. The molecule has 2 aromatic carbocycles. The van der Waals surface area contributed by atoms with Crippen LogP contribution >= 0.6 is 58.0 Å². The average molecular weight is 985 g/mol. The van der Waals surface area contributed by atoms with Gasteiger partial charge in [0, 0.05) is 87.3 Å². The normalized spacial score (nSPS) is 13.7. The maximum atomic E-state index is 13.0. The number of carbonyl (C=O) groups is 2. The van der Waals surface area contributed by atoms with Crippen molar-refractivity contribution in [1.82, 2.24) is 39.7 Å². The third-order valence-electron chi connectivity index (χ3n) is 10.9. The van der Waals surface area contributed by atoms with Crippen LogP contribution in [0.3, 0.4) is 0 Å². The summed E-state index contributed by atoms with van der Waals surface area (Å²) in [6.45, 7) is 13.4. The Morgan fingerprint density at radius 3 is 1.54 bits per heavy atom. The first-order valence-electron chi connectivity index (χ1n) is 20.8. The molecule has 0 radical (unpaired) electrons. The van der Waals surface area contributed by atoms with E-state index in [1.807, 2.05) is 105 Å². The summed E-state index contributed by atoms with van der Waals surface area (Å²) in [5.41, 5.74) is 8.38. The second-order valence-corrected chi connectivity index (χ2v) is 17.1. The molecular weight excluding hydrogens is 934 g/mol. The molecule has 2 amide bonds. The number of aromatic nitrogens is 6. The smallest absolute Gasteiger partial charge is 0.244 e. The standard InChI is InChI=1S/C23H25Cl2N5O2.C13H16Cl2N2O2.C10H10ClN3/c1-15-5-4-6-19(26-15)23-22(25)16(2)30(27-23)14-21(31)29-11-9-28(10-12-29)17-7-8-18(24)20(13-17)32-3;1-19-12-8-10(2-3-11(12)15)16-4-6-17(7-5-16)13(18)9-14;1-6-4-3-5-8(12-6)10-9(11)7(2)13-14-10/h4-8,13H,9-12,14H2,1-3H3;2-3,8H,4-7,9H2,1H3;3-5H,1-2H3,(H,13,14). The molecule has 0 aliphatic carbocycles. The van der Waals surface area contributed by atoms with Gasteiger partial charge in [0.25, 0.3) is 0 Å². The highest BCUT2D eigenvalue weighted by Gasteiger charge is 2.25. The van der Waals surface area contributed by atoms with Gasteiger partial charge in [-0.15, -0.1) is 11.6 Å². The Labute approximate surface area is 404 Å². The predicted molar refractivity (Wildman–Crippen MR) is 261 cm³/mol. The Morgan fingerprint density at radius 2 is 1.11 bits per heavy atom. The quantitative estimate of drug-likeness (QED) is 0.140. The van der Waals surface area contributed by atoms with Gasteiger partial charge in [-0.3, -0.25) is 29.3 Å². The van der Waals surface area contributed by atoms with Crippen LogP contribution in [-0.4, -0.2) is 124 Å². The van der Waals surface area contributed by atoms with E-state index in [-0.39, 0.29) is 24.2 Å². The highest BCUT2D eigenvalue weighted by Crippen LogP contribution is 2.32. The third-order valence-corrected chi connectivity index (χ3v) is 12.7. The lowest BCUT2D eigenvalue weighted by Crippen LogP contribution is -2.49. The third kappa shape index (κ3) is 12.4. The van der Waals surface area contributed by atoms with E-state index in [1.54, 1.807) is 23.8 Å². The molecule has 0 spiro atoms. The van der Waals surface area contributed by atoms with Crippen LogP contribution in [0, 0.1) is 27.7 Å². The Hall–Kier alpha value is -5.25. The Kier molecular flexibility index (Phi) is 17.2. The van der Waals surface area contributed by atoms with Crippen molar-refractivity contribution in [2.24, 2.45) is 0 Å². The molecule has 0 bridgehead atoms. The maximum Gasteiger partial charge on any atom is 0.244 e. The minimum Gasteiger partial charge on any atom is -0.495 e. The number of ether oxygens (including phenoxy) is 2. The van der Waals surface area contributed by atoms with Crippen molar-refractivity contribution in [1.29, 1.82) is 0 Å². The summed E-state index contributed by atoms with van der Waals surface area (Å²) in [6.07, 6.45) is 0. The number of aromatic amines is 1. The number of amides is 2. The van der Waals surface area contributed by atoms with Gasteiger partial charge >= 0.3 is 0 Å². The van der Waals surface area contributed by atoms with E-state index in [0.29, 0.717) is 74.9 Å². The van der Waals surface area contributed by atoms with Gasteiger partial charge < -0.3 is 29.1 Å². The lowest BCUT2D eigenvalue weighted by molar-refractivity contribution is -0.132. The average Bonchev–Trinajstić information content (AvgIpc) is 3.81. The Bertz CT molecular complexity index is 2590. The number of alkyl halides is 1. The fraction of sp³-hybridized carbons (Fsp3) is 0.348. The molecule has 0 unspecified atom stereocenters. The summed E-state index contributed by atoms with van der Waals surface area (Å²) >= 11 is 30.3. The van der Waals surface area contributed by atoms with Gasteiger partial charge in [0.15, 0.2) is 0 Å². The van der Waals surface area contributed by atoms with Crippen molar-refractivity contribution in [3.05, 3.63) is 116 Å². The van der Waals surface area contributed by atoms with Crippen LogP contribution in [0.25, 0.3) is 22.8 Å². The van der Waals surface area contributed by atoms with Gasteiger partial charge in [-0.1, -0.05) is 58.5 Å². The van der Waals surface area contributed by atoms with Gasteiger partial charge in [-0.25, -0.2) is 0 Å². The van der Waals surface area contributed by atoms with Crippen LogP contribution in [0.4, 0.5) is 11.4 Å². The molecule has 2 saturated heterocycles. The molecule has 2 aliphatic heterocycles. The van der Waals surface area contributed by atoms with Crippen molar-refractivity contribution in [3.63, 3.8) is 0 Å². The van der Waals surface area contributed by atoms with E-state index in [2.05, 4.69) is 35.1 Å². The molecule has 8 rings (SSSR count). The lowest BCUT2D eigenvalue weighted by Gasteiger charge is -2.36. The predicted octanol–water partition coefficient (Wildman–Crippen LogP) is 9.20. The minimum absolute atomic E-state index is 0.00463. The monoisotopic (exact) mass is 982 g/mol. The van der Waals surface area contributed by atoms with Crippen molar-refractivity contribution >= 4 is 81.2 Å².